The van der Waals surface area contributed by atoms with Crippen molar-refractivity contribution in [2.75, 3.05) is 0 Å². The van der Waals surface area contributed by atoms with Crippen molar-refractivity contribution < 1.29 is 0 Å². The topological polar surface area (TPSA) is 30.7 Å². The van der Waals surface area contributed by atoms with Crippen molar-refractivity contribution >= 4 is 0 Å². The van der Waals surface area contributed by atoms with Crippen LogP contribution in [0.1, 0.15) is 35.6 Å². The molecule has 0 saturated heterocycles. The van der Waals surface area contributed by atoms with E-state index in [1.807, 2.05) is 6.92 Å². The molecule has 0 N–H and O–H groups in total. The molecular weight excluding hydrogens is 198 g/mol. The zero-order valence-corrected chi connectivity index (χ0v) is 9.17. The van der Waals surface area contributed by atoms with Crippen molar-refractivity contribution in [1.82, 2.24) is 14.8 Å². The number of hydrogen-bond donors (Lipinski definition) is 0. The SMILES string of the molecule is Cc1nc2n(n1)C(c1ccccc1)C1CC21. The molecule has 1 aliphatic heterocycles. The third-order valence-corrected chi connectivity index (χ3v) is 3.75. The van der Waals surface area contributed by atoms with Gasteiger partial charge in [-0.3, -0.25) is 0 Å². The molecule has 16 heavy (non-hydrogen) atoms. The van der Waals surface area contributed by atoms with Gasteiger partial charge in [-0.05, 0) is 24.8 Å². The monoisotopic (exact) mass is 211 g/mol. The number of nitrogens with zero attached hydrogens (tertiary/aromatic N) is 3. The molecule has 0 spiro atoms. The van der Waals surface area contributed by atoms with Gasteiger partial charge in [0.15, 0.2) is 0 Å². The predicted octanol–water partition coefficient (Wildman–Crippen LogP) is 2.29. The fraction of sp³-hybridized carbons (Fsp3) is 0.385. The molecule has 1 saturated carbocycles. The van der Waals surface area contributed by atoms with E-state index in [0.717, 1.165) is 11.7 Å². The summed E-state index contributed by atoms with van der Waals surface area (Å²) in [4.78, 5) is 4.54. The molecule has 1 aromatic heterocycles. The molecule has 80 valence electrons. The standard InChI is InChI=1S/C13H13N3/c1-8-14-13-11-7-10(11)12(16(13)15-8)9-5-3-2-4-6-9/h2-6,10-12H,7H2,1H3. The quantitative estimate of drug-likeness (QED) is 0.724. The maximum atomic E-state index is 4.54. The van der Waals surface area contributed by atoms with Crippen molar-refractivity contribution in [3.8, 4) is 0 Å². The smallest absolute Gasteiger partial charge is 0.147 e. The molecular formula is C13H13N3. The first kappa shape index (κ1) is 8.50. The van der Waals surface area contributed by atoms with Gasteiger partial charge in [0.2, 0.25) is 0 Å². The molecule has 2 aromatic rings. The molecule has 3 nitrogen and oxygen atoms in total. The van der Waals surface area contributed by atoms with Crippen molar-refractivity contribution in [2.24, 2.45) is 5.92 Å². The van der Waals surface area contributed by atoms with Crippen LogP contribution in [0.15, 0.2) is 30.3 Å². The van der Waals surface area contributed by atoms with Gasteiger partial charge in [0.1, 0.15) is 11.6 Å². The number of fused-ring (bicyclic) bond motifs is 3. The van der Waals surface area contributed by atoms with Crippen molar-refractivity contribution in [2.45, 2.75) is 25.3 Å². The van der Waals surface area contributed by atoms with E-state index in [-0.39, 0.29) is 0 Å². The number of aryl methyl sites for hydroxylation is 1. The maximum Gasteiger partial charge on any atom is 0.147 e. The molecule has 2 aliphatic rings. The van der Waals surface area contributed by atoms with Crippen LogP contribution in [0.5, 0.6) is 0 Å². The lowest BCUT2D eigenvalue weighted by Gasteiger charge is -2.14. The highest BCUT2D eigenvalue weighted by Gasteiger charge is 2.54. The van der Waals surface area contributed by atoms with Crippen LogP contribution in [0.25, 0.3) is 0 Å². The molecule has 0 amide bonds. The minimum Gasteiger partial charge on any atom is -0.242 e. The molecule has 1 aliphatic carbocycles. The Morgan fingerprint density at radius 1 is 1.25 bits per heavy atom. The van der Waals surface area contributed by atoms with Crippen molar-refractivity contribution in [1.29, 1.82) is 0 Å². The fourth-order valence-corrected chi connectivity index (χ4v) is 2.98. The Bertz CT molecular complexity index is 544. The minimum atomic E-state index is 0.433. The Morgan fingerprint density at radius 3 is 2.88 bits per heavy atom. The van der Waals surface area contributed by atoms with E-state index < -0.39 is 0 Å². The van der Waals surface area contributed by atoms with Gasteiger partial charge in [-0.25, -0.2) is 9.67 Å². The maximum absolute atomic E-state index is 4.54. The van der Waals surface area contributed by atoms with Gasteiger partial charge in [-0.1, -0.05) is 30.3 Å². The van der Waals surface area contributed by atoms with Gasteiger partial charge in [0.25, 0.3) is 0 Å². The van der Waals surface area contributed by atoms with Crippen LogP contribution >= 0.6 is 0 Å². The van der Waals surface area contributed by atoms with Crippen LogP contribution in [-0.4, -0.2) is 14.8 Å². The normalized spacial score (nSPS) is 29.9. The molecule has 2 heterocycles. The summed E-state index contributed by atoms with van der Waals surface area (Å²) in [5.41, 5.74) is 1.37. The highest BCUT2D eigenvalue weighted by atomic mass is 15.4. The number of aromatic nitrogens is 3. The van der Waals surface area contributed by atoms with Crippen LogP contribution < -0.4 is 0 Å². The van der Waals surface area contributed by atoms with Crippen LogP contribution in [0.4, 0.5) is 0 Å². The lowest BCUT2D eigenvalue weighted by atomic mass is 10.0. The zero-order chi connectivity index (χ0) is 10.7. The average molecular weight is 211 g/mol. The van der Waals surface area contributed by atoms with Gasteiger partial charge in [-0.2, -0.15) is 5.10 Å². The first-order chi connectivity index (χ1) is 7.84. The summed E-state index contributed by atoms with van der Waals surface area (Å²) >= 11 is 0. The van der Waals surface area contributed by atoms with E-state index in [2.05, 4.69) is 45.1 Å². The lowest BCUT2D eigenvalue weighted by Crippen LogP contribution is -2.11. The van der Waals surface area contributed by atoms with Crippen molar-refractivity contribution in [3.63, 3.8) is 0 Å². The van der Waals surface area contributed by atoms with Crippen LogP contribution in [0.2, 0.25) is 0 Å². The van der Waals surface area contributed by atoms with Gasteiger partial charge >= 0.3 is 0 Å². The van der Waals surface area contributed by atoms with Crippen LogP contribution in [-0.2, 0) is 0 Å². The van der Waals surface area contributed by atoms with E-state index in [1.54, 1.807) is 0 Å². The molecule has 0 bridgehead atoms. The van der Waals surface area contributed by atoms with Crippen LogP contribution in [0, 0.1) is 12.8 Å². The lowest BCUT2D eigenvalue weighted by molar-refractivity contribution is 0.498. The molecule has 0 radical (unpaired) electrons. The fourth-order valence-electron chi connectivity index (χ4n) is 2.98. The molecule has 1 fully saturated rings. The summed E-state index contributed by atoms with van der Waals surface area (Å²) in [6.45, 7) is 1.98. The summed E-state index contributed by atoms with van der Waals surface area (Å²) in [5.74, 6) is 3.53. The summed E-state index contributed by atoms with van der Waals surface area (Å²) in [6, 6.07) is 11.1. The van der Waals surface area contributed by atoms with Gasteiger partial charge in [0, 0.05) is 5.92 Å². The molecule has 3 unspecified atom stereocenters. The van der Waals surface area contributed by atoms with E-state index in [4.69, 9.17) is 0 Å². The number of hydrogen-bond acceptors (Lipinski definition) is 2. The highest BCUT2D eigenvalue weighted by molar-refractivity contribution is 5.31. The van der Waals surface area contributed by atoms with Gasteiger partial charge < -0.3 is 0 Å². The first-order valence-electron chi connectivity index (χ1n) is 5.82. The number of benzene rings is 1. The Hall–Kier alpha value is -1.64. The second-order valence-electron chi connectivity index (χ2n) is 4.82. The van der Waals surface area contributed by atoms with E-state index >= 15 is 0 Å². The summed E-state index contributed by atoms with van der Waals surface area (Å²) < 4.78 is 2.14. The Labute approximate surface area is 94.1 Å². The summed E-state index contributed by atoms with van der Waals surface area (Å²) in [7, 11) is 0. The molecule has 3 atom stereocenters. The zero-order valence-electron chi connectivity index (χ0n) is 9.17. The van der Waals surface area contributed by atoms with Gasteiger partial charge in [-0.15, -0.1) is 0 Å². The molecule has 3 heteroatoms. The Morgan fingerprint density at radius 2 is 2.06 bits per heavy atom. The second-order valence-corrected chi connectivity index (χ2v) is 4.82. The molecule has 4 rings (SSSR count). The van der Waals surface area contributed by atoms with E-state index in [1.165, 1.54) is 17.8 Å². The number of rotatable bonds is 1. The first-order valence-corrected chi connectivity index (χ1v) is 5.82. The second kappa shape index (κ2) is 2.73. The van der Waals surface area contributed by atoms with E-state index in [0.29, 0.717) is 12.0 Å². The highest BCUT2D eigenvalue weighted by Crippen LogP contribution is 2.60. The van der Waals surface area contributed by atoms with Gasteiger partial charge in [0.05, 0.1) is 6.04 Å². The average Bonchev–Trinajstić information content (AvgIpc) is 2.88. The van der Waals surface area contributed by atoms with Crippen molar-refractivity contribution in [3.05, 3.63) is 47.5 Å². The predicted molar refractivity (Wildman–Crippen MR) is 60.2 cm³/mol. The third kappa shape index (κ3) is 0.979. The Kier molecular flexibility index (Phi) is 1.45. The van der Waals surface area contributed by atoms with Crippen LogP contribution in [0.3, 0.4) is 0 Å². The largest absolute Gasteiger partial charge is 0.242 e. The Balaban J connectivity index is 1.86. The minimum absolute atomic E-state index is 0.433. The summed E-state index contributed by atoms with van der Waals surface area (Å²) in [6.07, 6.45) is 1.29. The molecule has 1 aromatic carbocycles. The van der Waals surface area contributed by atoms with E-state index in [9.17, 15) is 0 Å². The summed E-state index contributed by atoms with van der Waals surface area (Å²) in [5, 5.41) is 4.54. The third-order valence-electron chi connectivity index (χ3n) is 3.75.